The Morgan fingerprint density at radius 3 is 2.22 bits per heavy atom. The first-order chi connectivity index (χ1) is 16.9. The summed E-state index contributed by atoms with van der Waals surface area (Å²) in [6, 6.07) is 11.8. The fourth-order valence-corrected chi connectivity index (χ4v) is 5.07. The molecule has 194 valence electrons. The smallest absolute Gasteiger partial charge is 0.356 e. The van der Waals surface area contributed by atoms with Crippen molar-refractivity contribution in [2.24, 2.45) is 0 Å². The Morgan fingerprint density at radius 1 is 1.06 bits per heavy atom. The number of quaternary nitrogens is 1. The number of phenolic OH excluding ortho intramolecular Hbond substituents is 1. The van der Waals surface area contributed by atoms with Gasteiger partial charge in [0.2, 0.25) is 0 Å². The first-order valence-electron chi connectivity index (χ1n) is 13.0. The Hall–Kier alpha value is -2.90. The number of aromatic hydroxyl groups is 1. The van der Waals surface area contributed by atoms with Crippen LogP contribution in [0.15, 0.2) is 36.4 Å². The summed E-state index contributed by atoms with van der Waals surface area (Å²) >= 11 is 0. The van der Waals surface area contributed by atoms with Crippen LogP contribution in [-0.2, 0) is 28.7 Å². The molecule has 4 N–H and O–H groups in total. The van der Waals surface area contributed by atoms with Gasteiger partial charge in [-0.3, -0.25) is 10.5 Å². The molecule has 7 nitrogen and oxygen atoms in total. The second-order valence-electron chi connectivity index (χ2n) is 12.0. The number of nitrogens with zero attached hydrogens (tertiary/aromatic N) is 2. The molecule has 0 spiro atoms. The standard InChI is InChI=1S/C29H40N4O3/c1-28(2,3)21-17-20(18-22(26(21)35)29(4,5)6)25(34)19-33-24-10-8-7-9-23(24)32(27(33)30)12-11-31-13-15-36-16-14-31/h7-10,17-18,30H,11-16,19H2,1-6H3,(H,34,35)/p+2. The van der Waals surface area contributed by atoms with Gasteiger partial charge in [0.1, 0.15) is 49.5 Å². The number of fused-ring (bicyclic) bond motifs is 1. The molecule has 1 aliphatic heterocycles. The Bertz CT molecular complexity index is 1220. The van der Waals surface area contributed by atoms with Crippen LogP contribution >= 0.6 is 0 Å². The largest absolute Gasteiger partial charge is 0.507 e. The Labute approximate surface area is 214 Å². The molecule has 0 saturated carbocycles. The summed E-state index contributed by atoms with van der Waals surface area (Å²) in [6.45, 7) is 17.8. The third-order valence-electron chi connectivity index (χ3n) is 7.25. The number of benzene rings is 2. The first kappa shape index (κ1) is 26.2. The third kappa shape index (κ3) is 5.27. The number of nitrogens with two attached hydrogens (primary N) is 1. The maximum atomic E-state index is 13.7. The number of para-hydroxylation sites is 2. The van der Waals surface area contributed by atoms with Crippen LogP contribution in [0.2, 0.25) is 0 Å². The van der Waals surface area contributed by atoms with Crippen LogP contribution in [0, 0.1) is 0 Å². The number of hydrogen-bond acceptors (Lipinski definition) is 4. The molecule has 4 rings (SSSR count). The van der Waals surface area contributed by atoms with Crippen molar-refractivity contribution in [3.05, 3.63) is 53.1 Å². The number of carbonyl (C=O) groups is 1. The summed E-state index contributed by atoms with van der Waals surface area (Å²) in [4.78, 5) is 15.2. The topological polar surface area (TPSA) is 85.8 Å². The van der Waals surface area contributed by atoms with Crippen LogP contribution in [0.25, 0.3) is 11.0 Å². The number of ketones is 1. The second kappa shape index (κ2) is 9.87. The van der Waals surface area contributed by atoms with Crippen LogP contribution in [-0.4, -0.2) is 48.3 Å². The predicted octanol–water partition coefficient (Wildman–Crippen LogP) is 2.61. The Balaban J connectivity index is 1.70. The van der Waals surface area contributed by atoms with Gasteiger partial charge >= 0.3 is 5.95 Å². The number of rotatable bonds is 6. The van der Waals surface area contributed by atoms with Crippen LogP contribution in [0.1, 0.15) is 63.0 Å². The molecule has 1 aliphatic rings. The van der Waals surface area contributed by atoms with E-state index in [-0.39, 0.29) is 28.9 Å². The number of Topliss-reactive ketones (excluding diaryl/α,β-unsaturated/α-hetero) is 1. The molecule has 0 bridgehead atoms. The summed E-state index contributed by atoms with van der Waals surface area (Å²) in [5.41, 5.74) is 10.2. The third-order valence-corrected chi connectivity index (χ3v) is 7.25. The van der Waals surface area contributed by atoms with E-state index in [1.54, 1.807) is 0 Å². The molecule has 1 fully saturated rings. The van der Waals surface area contributed by atoms with Gasteiger partial charge in [0, 0.05) is 16.7 Å². The second-order valence-corrected chi connectivity index (χ2v) is 12.0. The molecule has 0 aliphatic carbocycles. The number of nitrogens with one attached hydrogen (secondary N) is 1. The molecule has 36 heavy (non-hydrogen) atoms. The molecule has 0 atom stereocenters. The molecule has 1 saturated heterocycles. The summed E-state index contributed by atoms with van der Waals surface area (Å²) in [5, 5.41) is 11.1. The van der Waals surface area contributed by atoms with E-state index in [9.17, 15) is 9.90 Å². The quantitative estimate of drug-likeness (QED) is 0.363. The fourth-order valence-electron chi connectivity index (χ4n) is 5.07. The zero-order valence-electron chi connectivity index (χ0n) is 22.6. The Morgan fingerprint density at radius 2 is 1.64 bits per heavy atom. The van der Waals surface area contributed by atoms with Gasteiger partial charge in [0.15, 0.2) is 5.78 Å². The zero-order valence-corrected chi connectivity index (χ0v) is 22.6. The minimum Gasteiger partial charge on any atom is -0.507 e. The average Bonchev–Trinajstić information content (AvgIpc) is 3.07. The Kier molecular flexibility index (Phi) is 7.17. The number of morpholine rings is 1. The molecule has 7 heteroatoms. The number of imidazole rings is 1. The van der Waals surface area contributed by atoms with E-state index in [2.05, 4.69) is 52.2 Å². The maximum absolute atomic E-state index is 13.7. The van der Waals surface area contributed by atoms with Crippen molar-refractivity contribution in [1.29, 1.82) is 0 Å². The lowest BCUT2D eigenvalue weighted by atomic mass is 9.78. The summed E-state index contributed by atoms with van der Waals surface area (Å²) in [7, 11) is 0. The van der Waals surface area contributed by atoms with Crippen molar-refractivity contribution in [2.75, 3.05) is 38.6 Å². The van der Waals surface area contributed by atoms with E-state index in [1.807, 2.05) is 34.9 Å². The van der Waals surface area contributed by atoms with Gasteiger partial charge in [-0.15, -0.1) is 0 Å². The number of aromatic nitrogens is 2. The van der Waals surface area contributed by atoms with Gasteiger partial charge in [-0.2, -0.15) is 0 Å². The van der Waals surface area contributed by atoms with Crippen LogP contribution in [0.5, 0.6) is 5.75 Å². The van der Waals surface area contributed by atoms with Crippen molar-refractivity contribution >= 4 is 22.8 Å². The normalized spacial score (nSPS) is 15.5. The molecule has 0 unspecified atom stereocenters. The van der Waals surface area contributed by atoms with Crippen molar-refractivity contribution in [3.63, 3.8) is 0 Å². The van der Waals surface area contributed by atoms with Crippen molar-refractivity contribution in [1.82, 2.24) is 4.57 Å². The fraction of sp³-hybridized carbons (Fsp3) is 0.517. The molecule has 1 aromatic heterocycles. The van der Waals surface area contributed by atoms with Gasteiger partial charge in [-0.1, -0.05) is 53.7 Å². The summed E-state index contributed by atoms with van der Waals surface area (Å²) < 4.78 is 9.54. The number of ether oxygens (including phenoxy) is 1. The van der Waals surface area contributed by atoms with E-state index in [0.717, 1.165) is 61.6 Å². The van der Waals surface area contributed by atoms with Crippen LogP contribution in [0.3, 0.4) is 0 Å². The van der Waals surface area contributed by atoms with E-state index >= 15 is 0 Å². The van der Waals surface area contributed by atoms with Crippen LogP contribution in [0.4, 0.5) is 5.95 Å². The number of carbonyl (C=O) groups excluding carboxylic acids is 1. The molecular formula is C29H42N4O3+2. The van der Waals surface area contributed by atoms with E-state index in [1.165, 1.54) is 4.90 Å². The number of nitrogen functional groups attached to an aromatic ring is 1. The highest BCUT2D eigenvalue weighted by Crippen LogP contribution is 2.39. The van der Waals surface area contributed by atoms with Gasteiger partial charge in [-0.25, -0.2) is 9.13 Å². The molecular weight excluding hydrogens is 452 g/mol. The summed E-state index contributed by atoms with van der Waals surface area (Å²) in [6.07, 6.45) is 0. The van der Waals surface area contributed by atoms with Crippen molar-refractivity contribution in [3.8, 4) is 5.75 Å². The zero-order chi connectivity index (χ0) is 26.3. The molecule has 3 aromatic rings. The van der Waals surface area contributed by atoms with Gasteiger partial charge in [0.25, 0.3) is 0 Å². The molecule has 2 aromatic carbocycles. The highest BCUT2D eigenvalue weighted by molar-refractivity contribution is 5.96. The maximum Gasteiger partial charge on any atom is 0.356 e. The van der Waals surface area contributed by atoms with Crippen molar-refractivity contribution < 1.29 is 24.1 Å². The summed E-state index contributed by atoms with van der Waals surface area (Å²) in [5.74, 6) is 0.841. The number of hydrogen-bond donors (Lipinski definition) is 3. The SMILES string of the molecule is CC(C)(C)c1cc(C(=O)C[n+]2c(N)n(CC[NH+]3CCOCC3)c3ccccc32)cc(C(C)(C)C)c1O. The minimum absolute atomic E-state index is 0.0237. The van der Waals surface area contributed by atoms with E-state index in [4.69, 9.17) is 10.5 Å². The number of phenols is 1. The predicted molar refractivity (Wildman–Crippen MR) is 143 cm³/mol. The van der Waals surface area contributed by atoms with Gasteiger partial charge in [0.05, 0.1) is 13.2 Å². The van der Waals surface area contributed by atoms with E-state index < -0.39 is 0 Å². The number of anilines is 1. The van der Waals surface area contributed by atoms with Gasteiger partial charge < -0.3 is 14.7 Å². The lowest BCUT2D eigenvalue weighted by Crippen LogP contribution is -3.14. The minimum atomic E-state index is -0.301. The lowest BCUT2D eigenvalue weighted by Gasteiger charge is -2.28. The van der Waals surface area contributed by atoms with Gasteiger partial charge in [-0.05, 0) is 35.1 Å². The van der Waals surface area contributed by atoms with Crippen LogP contribution < -0.4 is 15.2 Å². The highest BCUT2D eigenvalue weighted by atomic mass is 16.5. The average molecular weight is 495 g/mol. The van der Waals surface area contributed by atoms with E-state index in [0.29, 0.717) is 11.5 Å². The molecule has 0 amide bonds. The lowest BCUT2D eigenvalue weighted by molar-refractivity contribution is -0.908. The molecule has 0 radical (unpaired) electrons. The highest BCUT2D eigenvalue weighted by Gasteiger charge is 2.29. The first-order valence-corrected chi connectivity index (χ1v) is 13.0. The van der Waals surface area contributed by atoms with Crippen molar-refractivity contribution in [2.45, 2.75) is 65.5 Å². The molecule has 2 heterocycles. The monoisotopic (exact) mass is 494 g/mol.